The van der Waals surface area contributed by atoms with Crippen LogP contribution in [0.25, 0.3) is 0 Å². The van der Waals surface area contributed by atoms with E-state index in [0.717, 1.165) is 23.5 Å². The molecular weight excluding hydrogens is 350 g/mol. The molecule has 3 aromatic rings. The van der Waals surface area contributed by atoms with Crippen LogP contribution in [0.2, 0.25) is 0 Å². The number of aromatic nitrogens is 1. The Labute approximate surface area is 165 Å². The summed E-state index contributed by atoms with van der Waals surface area (Å²) < 4.78 is 2.15. The molecule has 1 heterocycles. The number of hydrogen-bond donors (Lipinski definition) is 2. The molecule has 2 N–H and O–H groups in total. The first-order chi connectivity index (χ1) is 13.5. The van der Waals surface area contributed by atoms with Gasteiger partial charge in [0, 0.05) is 37.1 Å². The molecule has 0 aliphatic heterocycles. The number of nitrogens with zero attached hydrogens (tertiary/aromatic N) is 1. The predicted octanol–water partition coefficient (Wildman–Crippen LogP) is 3.44. The normalized spacial score (nSPS) is 10.5. The summed E-state index contributed by atoms with van der Waals surface area (Å²) in [5.74, 6) is -0.254. The van der Waals surface area contributed by atoms with Crippen molar-refractivity contribution in [3.05, 3.63) is 94.3 Å². The summed E-state index contributed by atoms with van der Waals surface area (Å²) in [6.07, 6.45) is 0. The van der Waals surface area contributed by atoms with Gasteiger partial charge in [0.2, 0.25) is 0 Å². The summed E-state index contributed by atoms with van der Waals surface area (Å²) >= 11 is 0. The van der Waals surface area contributed by atoms with Gasteiger partial charge in [0.25, 0.3) is 11.8 Å². The molecule has 0 saturated carbocycles. The summed E-state index contributed by atoms with van der Waals surface area (Å²) in [6.45, 7) is 5.09. The van der Waals surface area contributed by atoms with Gasteiger partial charge in [0.15, 0.2) is 0 Å². The number of nitrogens with one attached hydrogen (secondary N) is 2. The maximum Gasteiger partial charge on any atom is 0.253 e. The van der Waals surface area contributed by atoms with Crippen LogP contribution in [0.1, 0.15) is 43.2 Å². The minimum atomic E-state index is -0.141. The lowest BCUT2D eigenvalue weighted by molar-refractivity contribution is 0.0948. The number of amides is 2. The minimum Gasteiger partial charge on any atom is -0.355 e. The van der Waals surface area contributed by atoms with Crippen LogP contribution in [0.5, 0.6) is 0 Å². The highest BCUT2D eigenvalue weighted by Gasteiger charge is 2.16. The second-order valence-electron chi connectivity index (χ2n) is 6.82. The maximum atomic E-state index is 12.7. The summed E-state index contributed by atoms with van der Waals surface area (Å²) in [5, 5.41) is 5.57. The van der Waals surface area contributed by atoms with Crippen LogP contribution in [0.15, 0.2) is 60.7 Å². The van der Waals surface area contributed by atoms with Crippen LogP contribution < -0.4 is 10.6 Å². The number of aryl methyl sites for hydroxylation is 1. The lowest BCUT2D eigenvalue weighted by atomic mass is 10.1. The third kappa shape index (κ3) is 4.31. The van der Waals surface area contributed by atoms with Gasteiger partial charge in [-0.2, -0.15) is 0 Å². The Balaban J connectivity index is 1.71. The largest absolute Gasteiger partial charge is 0.355 e. The van der Waals surface area contributed by atoms with Crippen molar-refractivity contribution >= 4 is 11.8 Å². The van der Waals surface area contributed by atoms with Crippen molar-refractivity contribution in [2.45, 2.75) is 26.9 Å². The molecule has 0 radical (unpaired) electrons. The highest BCUT2D eigenvalue weighted by Crippen LogP contribution is 2.17. The van der Waals surface area contributed by atoms with Crippen LogP contribution >= 0.6 is 0 Å². The summed E-state index contributed by atoms with van der Waals surface area (Å²) in [7, 11) is 1.60. The summed E-state index contributed by atoms with van der Waals surface area (Å²) in [4.78, 5) is 24.5. The van der Waals surface area contributed by atoms with Crippen LogP contribution in [0.3, 0.4) is 0 Å². The van der Waals surface area contributed by atoms with E-state index in [1.807, 2.05) is 50.2 Å². The molecule has 2 amide bonds. The van der Waals surface area contributed by atoms with E-state index in [1.54, 1.807) is 19.2 Å². The van der Waals surface area contributed by atoms with Crippen molar-refractivity contribution in [2.24, 2.45) is 0 Å². The Hall–Kier alpha value is -3.34. The van der Waals surface area contributed by atoms with Crippen molar-refractivity contribution in [3.63, 3.8) is 0 Å². The minimum absolute atomic E-state index is 0.113. The quantitative estimate of drug-likeness (QED) is 0.693. The van der Waals surface area contributed by atoms with Gasteiger partial charge >= 0.3 is 0 Å². The molecule has 0 aliphatic rings. The molecule has 0 atom stereocenters. The lowest BCUT2D eigenvalue weighted by Gasteiger charge is -2.10. The first-order valence-corrected chi connectivity index (χ1v) is 9.29. The first-order valence-electron chi connectivity index (χ1n) is 9.29. The first kappa shape index (κ1) is 19.4. The molecular formula is C23H25N3O2. The van der Waals surface area contributed by atoms with Gasteiger partial charge in [-0.05, 0) is 43.2 Å². The van der Waals surface area contributed by atoms with Crippen molar-refractivity contribution < 1.29 is 9.59 Å². The van der Waals surface area contributed by atoms with Gasteiger partial charge in [0.05, 0.1) is 5.56 Å². The van der Waals surface area contributed by atoms with Crippen LogP contribution in [-0.2, 0) is 13.1 Å². The molecule has 0 aliphatic carbocycles. The maximum absolute atomic E-state index is 12.7. The Morgan fingerprint density at radius 3 is 2.32 bits per heavy atom. The summed E-state index contributed by atoms with van der Waals surface area (Å²) in [5.41, 5.74) is 5.33. The van der Waals surface area contributed by atoms with E-state index in [9.17, 15) is 9.59 Å². The average Bonchev–Trinajstić information content (AvgIpc) is 3.00. The van der Waals surface area contributed by atoms with Crippen molar-refractivity contribution in [3.8, 4) is 0 Å². The number of benzene rings is 2. The molecule has 0 bridgehead atoms. The topological polar surface area (TPSA) is 63.1 Å². The number of carbonyl (C=O) groups is 2. The Morgan fingerprint density at radius 1 is 0.893 bits per heavy atom. The molecule has 0 fully saturated rings. The van der Waals surface area contributed by atoms with Crippen molar-refractivity contribution in [1.29, 1.82) is 0 Å². The van der Waals surface area contributed by atoms with E-state index in [0.29, 0.717) is 17.7 Å². The van der Waals surface area contributed by atoms with Gasteiger partial charge in [-0.3, -0.25) is 9.59 Å². The zero-order valence-corrected chi connectivity index (χ0v) is 16.5. The molecule has 0 spiro atoms. The lowest BCUT2D eigenvalue weighted by Crippen LogP contribution is -2.24. The van der Waals surface area contributed by atoms with Gasteiger partial charge in [-0.15, -0.1) is 0 Å². The number of rotatable bonds is 6. The standard InChI is InChI=1S/C23H25N3O2/c1-16-12-21(17(2)26(16)15-18-8-5-4-6-9-18)23(28)25-14-19-10-7-11-20(13-19)22(27)24-3/h4-13H,14-15H2,1-3H3,(H,24,27)(H,25,28). The third-order valence-electron chi connectivity index (χ3n) is 4.87. The fraction of sp³-hybridized carbons (Fsp3) is 0.217. The van der Waals surface area contributed by atoms with Crippen molar-refractivity contribution in [2.75, 3.05) is 7.05 Å². The fourth-order valence-corrected chi connectivity index (χ4v) is 3.28. The van der Waals surface area contributed by atoms with E-state index >= 15 is 0 Å². The van der Waals surface area contributed by atoms with Gasteiger partial charge in [-0.25, -0.2) is 0 Å². The third-order valence-corrected chi connectivity index (χ3v) is 4.87. The average molecular weight is 375 g/mol. The molecule has 144 valence electrons. The van der Waals surface area contributed by atoms with E-state index in [2.05, 4.69) is 27.3 Å². The molecule has 3 rings (SSSR count). The Morgan fingerprint density at radius 2 is 1.61 bits per heavy atom. The van der Waals surface area contributed by atoms with Gasteiger partial charge < -0.3 is 15.2 Å². The van der Waals surface area contributed by atoms with E-state index in [4.69, 9.17) is 0 Å². The van der Waals surface area contributed by atoms with E-state index < -0.39 is 0 Å². The van der Waals surface area contributed by atoms with Gasteiger partial charge in [-0.1, -0.05) is 42.5 Å². The van der Waals surface area contributed by atoms with E-state index in [1.165, 1.54) is 5.56 Å². The second-order valence-corrected chi connectivity index (χ2v) is 6.82. The Kier molecular flexibility index (Phi) is 5.94. The fourth-order valence-electron chi connectivity index (χ4n) is 3.28. The molecule has 0 unspecified atom stereocenters. The monoisotopic (exact) mass is 375 g/mol. The number of carbonyl (C=O) groups excluding carboxylic acids is 2. The van der Waals surface area contributed by atoms with Crippen molar-refractivity contribution in [1.82, 2.24) is 15.2 Å². The molecule has 1 aromatic heterocycles. The van der Waals surface area contributed by atoms with Gasteiger partial charge in [0.1, 0.15) is 0 Å². The smallest absolute Gasteiger partial charge is 0.253 e. The SMILES string of the molecule is CNC(=O)c1cccc(CNC(=O)c2cc(C)n(Cc3ccccc3)c2C)c1. The molecule has 28 heavy (non-hydrogen) atoms. The second kappa shape index (κ2) is 8.57. The summed E-state index contributed by atoms with van der Waals surface area (Å²) in [6, 6.07) is 19.4. The molecule has 0 saturated heterocycles. The zero-order valence-electron chi connectivity index (χ0n) is 16.5. The molecule has 5 nitrogen and oxygen atoms in total. The van der Waals surface area contributed by atoms with Crippen LogP contribution in [0.4, 0.5) is 0 Å². The zero-order chi connectivity index (χ0) is 20.1. The highest BCUT2D eigenvalue weighted by atomic mass is 16.2. The number of hydrogen-bond acceptors (Lipinski definition) is 2. The van der Waals surface area contributed by atoms with Crippen LogP contribution in [-0.4, -0.2) is 23.4 Å². The predicted molar refractivity (Wildman–Crippen MR) is 110 cm³/mol. The van der Waals surface area contributed by atoms with Crippen LogP contribution in [0, 0.1) is 13.8 Å². The highest BCUT2D eigenvalue weighted by molar-refractivity contribution is 5.96. The van der Waals surface area contributed by atoms with E-state index in [-0.39, 0.29) is 11.8 Å². The molecule has 5 heteroatoms. The molecule has 2 aromatic carbocycles. The Bertz CT molecular complexity index is 990.